The second kappa shape index (κ2) is 12.8. The normalized spacial score (nSPS) is 21.8. The van der Waals surface area contributed by atoms with E-state index in [4.69, 9.17) is 29.3 Å². The van der Waals surface area contributed by atoms with Gasteiger partial charge >= 0.3 is 24.3 Å². The van der Waals surface area contributed by atoms with Gasteiger partial charge in [-0.1, -0.05) is 0 Å². The highest BCUT2D eigenvalue weighted by Crippen LogP contribution is 2.33. The molecule has 200 valence electrons. The number of ether oxygens (including phenoxy) is 2. The fourth-order valence-corrected chi connectivity index (χ4v) is 4.05. The number of nitrogens with zero attached hydrogens (tertiary/aromatic N) is 3. The second-order valence-corrected chi connectivity index (χ2v) is 8.31. The number of carboxylic acid groups (broad SMARTS) is 2. The minimum atomic E-state index is -5.08. The van der Waals surface area contributed by atoms with Crippen LogP contribution in [0.2, 0.25) is 0 Å². The summed E-state index contributed by atoms with van der Waals surface area (Å²) in [7, 11) is 0. The van der Waals surface area contributed by atoms with Crippen LogP contribution < -0.4 is 4.74 Å². The van der Waals surface area contributed by atoms with Crippen molar-refractivity contribution >= 4 is 23.3 Å². The molecule has 2 aromatic rings. The molecule has 4 rings (SSSR count). The van der Waals surface area contributed by atoms with E-state index in [9.17, 15) is 26.3 Å². The minimum absolute atomic E-state index is 0.119. The van der Waals surface area contributed by atoms with Crippen LogP contribution in [0.5, 0.6) is 5.75 Å². The highest BCUT2D eigenvalue weighted by atomic mass is 32.1. The number of morpholine rings is 1. The maximum absolute atomic E-state index is 10.6. The van der Waals surface area contributed by atoms with E-state index in [1.165, 1.54) is 5.01 Å². The molecule has 0 spiro atoms. The van der Waals surface area contributed by atoms with Gasteiger partial charge < -0.3 is 19.7 Å². The topological polar surface area (TPSA) is 122 Å². The molecule has 3 atom stereocenters. The predicted octanol–water partition coefficient (Wildman–Crippen LogP) is 3.62. The number of aromatic nitrogens is 2. The third kappa shape index (κ3) is 9.23. The van der Waals surface area contributed by atoms with Gasteiger partial charge in [0, 0.05) is 30.4 Å². The summed E-state index contributed by atoms with van der Waals surface area (Å²) in [6.07, 6.45) is -2.36. The highest BCUT2D eigenvalue weighted by Gasteiger charge is 2.44. The van der Waals surface area contributed by atoms with E-state index >= 15 is 0 Å². The Kier molecular flexibility index (Phi) is 10.4. The summed E-state index contributed by atoms with van der Waals surface area (Å²) in [4.78, 5) is 28.8. The highest BCUT2D eigenvalue weighted by molar-refractivity contribution is 7.09. The minimum Gasteiger partial charge on any atom is -0.486 e. The molecule has 0 radical (unpaired) electrons. The molecule has 36 heavy (non-hydrogen) atoms. The summed E-state index contributed by atoms with van der Waals surface area (Å²) in [6.45, 7) is 2.65. The van der Waals surface area contributed by atoms with Gasteiger partial charge in [0.2, 0.25) is 0 Å². The number of thiazole rings is 1. The number of fused-ring (bicyclic) bond motifs is 1. The molecule has 3 heterocycles. The number of alkyl halides is 6. The number of rotatable bonds is 4. The van der Waals surface area contributed by atoms with Gasteiger partial charge in [-0.25, -0.2) is 14.6 Å². The van der Waals surface area contributed by atoms with Crippen LogP contribution in [-0.4, -0.2) is 80.8 Å². The van der Waals surface area contributed by atoms with Gasteiger partial charge in [-0.15, -0.1) is 11.3 Å². The number of pyridine rings is 1. The summed E-state index contributed by atoms with van der Waals surface area (Å²) in [6, 6.07) is 4.29. The van der Waals surface area contributed by atoms with Crippen LogP contribution in [0, 0.1) is 0 Å². The molecular formula is C20H21F6N3O6S. The molecule has 2 aromatic heterocycles. The van der Waals surface area contributed by atoms with Crippen molar-refractivity contribution in [1.29, 1.82) is 0 Å². The second-order valence-electron chi connectivity index (χ2n) is 7.33. The van der Waals surface area contributed by atoms with Crippen LogP contribution in [0.3, 0.4) is 0 Å². The number of carboxylic acids is 2. The largest absolute Gasteiger partial charge is 0.490 e. The first kappa shape index (κ1) is 29.3. The summed E-state index contributed by atoms with van der Waals surface area (Å²) in [5, 5.41) is 17.5. The Morgan fingerprint density at radius 1 is 1.11 bits per heavy atom. The molecule has 1 aliphatic carbocycles. The van der Waals surface area contributed by atoms with E-state index in [1.807, 2.05) is 23.7 Å². The molecule has 1 saturated heterocycles. The maximum atomic E-state index is 10.6. The molecule has 9 nitrogen and oxygen atoms in total. The van der Waals surface area contributed by atoms with Gasteiger partial charge in [-0.2, -0.15) is 26.3 Å². The fraction of sp³-hybridized carbons (Fsp3) is 0.500. The molecule has 2 N–H and O–H groups in total. The van der Waals surface area contributed by atoms with Gasteiger partial charge in [0.1, 0.15) is 23.0 Å². The van der Waals surface area contributed by atoms with Crippen molar-refractivity contribution in [1.82, 2.24) is 14.9 Å². The number of aliphatic carboxylic acids is 2. The van der Waals surface area contributed by atoms with Crippen molar-refractivity contribution in [3.63, 3.8) is 0 Å². The van der Waals surface area contributed by atoms with Crippen molar-refractivity contribution in [3.8, 4) is 5.75 Å². The first-order valence-corrected chi connectivity index (χ1v) is 11.1. The van der Waals surface area contributed by atoms with Crippen molar-refractivity contribution in [2.75, 3.05) is 13.2 Å². The van der Waals surface area contributed by atoms with E-state index < -0.39 is 24.3 Å². The Bertz CT molecular complexity index is 937. The van der Waals surface area contributed by atoms with E-state index in [0.717, 1.165) is 38.3 Å². The molecule has 16 heteroatoms. The zero-order chi connectivity index (χ0) is 26.9. The van der Waals surface area contributed by atoms with Crippen molar-refractivity contribution in [2.24, 2.45) is 0 Å². The summed E-state index contributed by atoms with van der Waals surface area (Å²) in [5.41, 5.74) is 0. The average Bonchev–Trinajstić information content (AvgIpc) is 3.45. The third-order valence-corrected chi connectivity index (χ3v) is 5.64. The zero-order valence-corrected chi connectivity index (χ0v) is 19.1. The third-order valence-electron chi connectivity index (χ3n) is 4.88. The molecule has 0 amide bonds. The maximum Gasteiger partial charge on any atom is 0.490 e. The van der Waals surface area contributed by atoms with Crippen LogP contribution in [0.25, 0.3) is 0 Å². The Morgan fingerprint density at radius 2 is 1.75 bits per heavy atom. The van der Waals surface area contributed by atoms with E-state index in [1.54, 1.807) is 23.7 Å². The smallest absolute Gasteiger partial charge is 0.486 e. The van der Waals surface area contributed by atoms with Crippen LogP contribution >= 0.6 is 11.3 Å². The van der Waals surface area contributed by atoms with Gasteiger partial charge in [0.05, 0.1) is 19.3 Å². The number of hydrogen-bond acceptors (Lipinski definition) is 8. The summed E-state index contributed by atoms with van der Waals surface area (Å²) < 4.78 is 75.6. The van der Waals surface area contributed by atoms with E-state index in [2.05, 4.69) is 14.9 Å². The molecular weight excluding hydrogens is 524 g/mol. The van der Waals surface area contributed by atoms with Gasteiger partial charge in [-0.3, -0.25) is 9.88 Å². The van der Waals surface area contributed by atoms with Crippen LogP contribution in [0.1, 0.15) is 17.8 Å². The standard InChI is InChI=1S/C16H19N3O2S.2C2HF3O2/c1-2-12(10-17-5-1)21-14-4-3-13-16(14)20-8-7-19(13)11-15-18-6-9-22-15;2*3-2(4,5)1(6)7/h1-2,5-6,9-10,13-14,16H,3-4,7-8,11H2;2*(H,6,7)/t13-,14+,16+;;/m0../s1. The van der Waals surface area contributed by atoms with Crippen molar-refractivity contribution < 1.29 is 55.6 Å². The Hall–Kier alpha value is -2.98. The predicted molar refractivity (Wildman–Crippen MR) is 111 cm³/mol. The first-order chi connectivity index (χ1) is 16.8. The SMILES string of the molecule is O=C(O)C(F)(F)F.O=C(O)C(F)(F)F.c1cncc(O[C@@H]2CC[C@H]3[C@H]2OCCN3Cc2nccs2)c1. The molecule has 2 fully saturated rings. The Morgan fingerprint density at radius 3 is 2.25 bits per heavy atom. The lowest BCUT2D eigenvalue weighted by molar-refractivity contribution is -0.193. The van der Waals surface area contributed by atoms with Gasteiger partial charge in [0.15, 0.2) is 0 Å². The zero-order valence-electron chi connectivity index (χ0n) is 18.3. The average molecular weight is 545 g/mol. The van der Waals surface area contributed by atoms with Crippen molar-refractivity contribution in [3.05, 3.63) is 41.1 Å². The Labute approximate surface area is 204 Å². The number of halogens is 6. The number of carbonyl (C=O) groups is 2. The monoisotopic (exact) mass is 545 g/mol. The lowest BCUT2D eigenvalue weighted by atomic mass is 10.1. The van der Waals surface area contributed by atoms with E-state index in [-0.39, 0.29) is 12.2 Å². The molecule has 0 aromatic carbocycles. The lowest BCUT2D eigenvalue weighted by Crippen LogP contribution is -2.51. The summed E-state index contributed by atoms with van der Waals surface area (Å²) in [5.74, 6) is -4.69. The van der Waals surface area contributed by atoms with Crippen molar-refractivity contribution in [2.45, 2.75) is 50.0 Å². The van der Waals surface area contributed by atoms with Gasteiger partial charge in [0.25, 0.3) is 0 Å². The quantitative estimate of drug-likeness (QED) is 0.555. The summed E-state index contributed by atoms with van der Waals surface area (Å²) >= 11 is 1.72. The van der Waals surface area contributed by atoms with Crippen LogP contribution in [0.4, 0.5) is 26.3 Å². The first-order valence-electron chi connectivity index (χ1n) is 10.2. The van der Waals surface area contributed by atoms with Crippen LogP contribution in [-0.2, 0) is 20.9 Å². The molecule has 0 unspecified atom stereocenters. The molecule has 1 aliphatic heterocycles. The molecule has 0 bridgehead atoms. The van der Waals surface area contributed by atoms with E-state index in [0.29, 0.717) is 6.04 Å². The van der Waals surface area contributed by atoms with Gasteiger partial charge in [-0.05, 0) is 25.0 Å². The number of hydrogen-bond donors (Lipinski definition) is 2. The fourth-order valence-electron chi connectivity index (χ4n) is 3.41. The lowest BCUT2D eigenvalue weighted by Gasteiger charge is -2.38. The molecule has 1 saturated carbocycles. The Balaban J connectivity index is 0.000000271. The van der Waals surface area contributed by atoms with Crippen LogP contribution in [0.15, 0.2) is 36.1 Å². The molecule has 2 aliphatic rings.